The van der Waals surface area contributed by atoms with Crippen LogP contribution in [0, 0.1) is 6.92 Å². The minimum absolute atomic E-state index is 0.568. The molecule has 0 radical (unpaired) electrons. The molecule has 6 heteroatoms. The topological polar surface area (TPSA) is 45.4 Å². The van der Waals surface area contributed by atoms with Crippen molar-refractivity contribution in [3.8, 4) is 0 Å². The number of aryl methyl sites for hydroxylation is 1. The third-order valence-electron chi connectivity index (χ3n) is 3.01. The average molecular weight is 329 g/mol. The fourth-order valence-electron chi connectivity index (χ4n) is 2.10. The van der Waals surface area contributed by atoms with E-state index in [9.17, 15) is 0 Å². The molecule has 18 heavy (non-hydrogen) atoms. The van der Waals surface area contributed by atoms with Gasteiger partial charge in [-0.25, -0.2) is 4.98 Å². The molecular weight excluding hydrogens is 312 g/mol. The summed E-state index contributed by atoms with van der Waals surface area (Å²) in [6, 6.07) is 2.10. The lowest BCUT2D eigenvalue weighted by Gasteiger charge is -2.35. The maximum atomic E-state index is 5.57. The summed E-state index contributed by atoms with van der Waals surface area (Å²) >= 11 is 8.52. The van der Waals surface area contributed by atoms with Gasteiger partial charge >= 0.3 is 0 Å². The molecule has 0 bridgehead atoms. The number of pyridine rings is 1. The van der Waals surface area contributed by atoms with Crippen LogP contribution in [0.25, 0.3) is 0 Å². The van der Waals surface area contributed by atoms with Crippen LogP contribution < -0.4 is 10.6 Å². The van der Waals surface area contributed by atoms with E-state index in [4.69, 9.17) is 18.0 Å². The van der Waals surface area contributed by atoms with E-state index >= 15 is 0 Å². The third kappa shape index (κ3) is 3.40. The summed E-state index contributed by atoms with van der Waals surface area (Å²) in [7, 11) is 0. The summed E-state index contributed by atoms with van der Waals surface area (Å²) < 4.78 is 1.06. The zero-order valence-electron chi connectivity index (χ0n) is 10.4. The van der Waals surface area contributed by atoms with Gasteiger partial charge in [0.05, 0.1) is 9.46 Å². The van der Waals surface area contributed by atoms with Gasteiger partial charge < -0.3 is 10.6 Å². The lowest BCUT2D eigenvalue weighted by atomic mass is 10.2. The van der Waals surface area contributed by atoms with Crippen LogP contribution in [0.3, 0.4) is 0 Å². The Labute approximate surface area is 121 Å². The van der Waals surface area contributed by atoms with E-state index in [-0.39, 0.29) is 0 Å². The van der Waals surface area contributed by atoms with Crippen LogP contribution in [0.15, 0.2) is 16.7 Å². The first-order valence-electron chi connectivity index (χ1n) is 5.94. The van der Waals surface area contributed by atoms with E-state index in [0.717, 1.165) is 42.0 Å². The van der Waals surface area contributed by atoms with E-state index in [1.54, 1.807) is 0 Å². The van der Waals surface area contributed by atoms with Crippen LogP contribution in [-0.2, 0) is 0 Å². The standard InChI is InChI=1S/C12H17BrN4S/c1-9-6-10(13)12(15-7-9)17-4-2-16(3-5-17)8-11(14)18/h6-7H,2-5,8H2,1H3,(H2,14,18). The van der Waals surface area contributed by atoms with Crippen LogP contribution in [0.4, 0.5) is 5.82 Å². The number of anilines is 1. The van der Waals surface area contributed by atoms with Crippen molar-refractivity contribution in [3.05, 3.63) is 22.3 Å². The van der Waals surface area contributed by atoms with E-state index in [2.05, 4.69) is 36.8 Å². The summed E-state index contributed by atoms with van der Waals surface area (Å²) in [5.41, 5.74) is 6.73. The highest BCUT2D eigenvalue weighted by Gasteiger charge is 2.19. The highest BCUT2D eigenvalue weighted by atomic mass is 79.9. The average Bonchev–Trinajstić information content (AvgIpc) is 2.30. The number of piperazine rings is 1. The van der Waals surface area contributed by atoms with Gasteiger partial charge in [0.1, 0.15) is 5.82 Å². The molecule has 0 aliphatic carbocycles. The first kappa shape index (κ1) is 13.7. The summed E-state index contributed by atoms with van der Waals surface area (Å²) in [5, 5.41) is 0. The molecule has 98 valence electrons. The highest BCUT2D eigenvalue weighted by molar-refractivity contribution is 9.10. The van der Waals surface area contributed by atoms with Gasteiger partial charge in [-0.2, -0.15) is 0 Å². The normalized spacial score (nSPS) is 16.9. The number of nitrogens with zero attached hydrogens (tertiary/aromatic N) is 3. The summed E-state index contributed by atoms with van der Waals surface area (Å²) in [6.07, 6.45) is 1.90. The quantitative estimate of drug-likeness (QED) is 0.853. The fourth-order valence-corrected chi connectivity index (χ4v) is 2.99. The number of halogens is 1. The van der Waals surface area contributed by atoms with Crippen molar-refractivity contribution < 1.29 is 0 Å². The number of nitrogens with two attached hydrogens (primary N) is 1. The number of thiocarbonyl (C=S) groups is 1. The summed E-state index contributed by atoms with van der Waals surface area (Å²) in [6.45, 7) is 6.61. The molecule has 2 heterocycles. The Bertz CT molecular complexity index is 444. The molecule has 4 nitrogen and oxygen atoms in total. The van der Waals surface area contributed by atoms with Gasteiger partial charge in [0.15, 0.2) is 0 Å². The maximum Gasteiger partial charge on any atom is 0.142 e. The monoisotopic (exact) mass is 328 g/mol. The zero-order chi connectivity index (χ0) is 13.1. The van der Waals surface area contributed by atoms with Gasteiger partial charge in [0, 0.05) is 38.9 Å². The molecule has 2 N–H and O–H groups in total. The Morgan fingerprint density at radius 1 is 1.44 bits per heavy atom. The zero-order valence-corrected chi connectivity index (χ0v) is 12.8. The SMILES string of the molecule is Cc1cnc(N2CCN(CC(N)=S)CC2)c(Br)c1. The maximum absolute atomic E-state index is 5.57. The van der Waals surface area contributed by atoms with Gasteiger partial charge in [0.2, 0.25) is 0 Å². The number of aromatic nitrogens is 1. The Kier molecular flexibility index (Phi) is 4.53. The molecule has 1 aromatic heterocycles. The van der Waals surface area contributed by atoms with Gasteiger partial charge in [-0.05, 0) is 34.5 Å². The van der Waals surface area contributed by atoms with Crippen molar-refractivity contribution >= 4 is 39.0 Å². The molecule has 1 aliphatic rings. The van der Waals surface area contributed by atoms with Crippen molar-refractivity contribution in [2.45, 2.75) is 6.92 Å². The molecule has 0 saturated carbocycles. The predicted octanol–water partition coefficient (Wildman–Crippen LogP) is 1.56. The second-order valence-electron chi connectivity index (χ2n) is 4.55. The van der Waals surface area contributed by atoms with E-state index in [1.807, 2.05) is 13.1 Å². The Balaban J connectivity index is 1.99. The van der Waals surface area contributed by atoms with Crippen molar-refractivity contribution in [2.75, 3.05) is 37.6 Å². The van der Waals surface area contributed by atoms with Gasteiger partial charge in [0.25, 0.3) is 0 Å². The Morgan fingerprint density at radius 3 is 2.67 bits per heavy atom. The molecule has 1 saturated heterocycles. The molecule has 2 rings (SSSR count). The van der Waals surface area contributed by atoms with Crippen molar-refractivity contribution in [2.24, 2.45) is 5.73 Å². The number of rotatable bonds is 3. The largest absolute Gasteiger partial charge is 0.392 e. The number of hydrogen-bond acceptors (Lipinski definition) is 4. The summed E-state index contributed by atoms with van der Waals surface area (Å²) in [4.78, 5) is 9.64. The van der Waals surface area contributed by atoms with Crippen LogP contribution >= 0.6 is 28.1 Å². The van der Waals surface area contributed by atoms with Gasteiger partial charge in [-0.15, -0.1) is 0 Å². The van der Waals surface area contributed by atoms with E-state index < -0.39 is 0 Å². The van der Waals surface area contributed by atoms with Crippen LogP contribution in [0.1, 0.15) is 5.56 Å². The molecule has 1 aliphatic heterocycles. The number of hydrogen-bond donors (Lipinski definition) is 1. The molecule has 0 aromatic carbocycles. The smallest absolute Gasteiger partial charge is 0.142 e. The summed E-state index contributed by atoms with van der Waals surface area (Å²) in [5.74, 6) is 1.02. The first-order valence-corrected chi connectivity index (χ1v) is 7.14. The van der Waals surface area contributed by atoms with E-state index in [1.165, 1.54) is 0 Å². The van der Waals surface area contributed by atoms with Gasteiger partial charge in [-0.1, -0.05) is 12.2 Å². The van der Waals surface area contributed by atoms with Gasteiger partial charge in [-0.3, -0.25) is 4.90 Å². The predicted molar refractivity (Wildman–Crippen MR) is 82.1 cm³/mol. The molecule has 1 fully saturated rings. The van der Waals surface area contributed by atoms with Crippen molar-refractivity contribution in [1.29, 1.82) is 0 Å². The van der Waals surface area contributed by atoms with Crippen LogP contribution in [-0.4, -0.2) is 47.6 Å². The van der Waals surface area contributed by atoms with E-state index in [0.29, 0.717) is 11.5 Å². The van der Waals surface area contributed by atoms with Crippen LogP contribution in [0.5, 0.6) is 0 Å². The lowest BCUT2D eigenvalue weighted by molar-refractivity contribution is 0.291. The molecule has 0 amide bonds. The second kappa shape index (κ2) is 5.95. The highest BCUT2D eigenvalue weighted by Crippen LogP contribution is 2.25. The minimum Gasteiger partial charge on any atom is -0.392 e. The second-order valence-corrected chi connectivity index (χ2v) is 5.93. The fraction of sp³-hybridized carbons (Fsp3) is 0.500. The van der Waals surface area contributed by atoms with Crippen LogP contribution in [0.2, 0.25) is 0 Å². The minimum atomic E-state index is 0.568. The Hall–Kier alpha value is -0.720. The van der Waals surface area contributed by atoms with Crippen molar-refractivity contribution in [3.63, 3.8) is 0 Å². The van der Waals surface area contributed by atoms with Crippen molar-refractivity contribution in [1.82, 2.24) is 9.88 Å². The third-order valence-corrected chi connectivity index (χ3v) is 3.72. The molecule has 0 atom stereocenters. The molecule has 0 unspecified atom stereocenters. The molecular formula is C12H17BrN4S. The molecule has 0 spiro atoms. The lowest BCUT2D eigenvalue weighted by Crippen LogP contribution is -2.49. The molecule has 1 aromatic rings. The first-order chi connectivity index (χ1) is 8.56. The Morgan fingerprint density at radius 2 is 2.11 bits per heavy atom.